The Morgan fingerprint density at radius 2 is 1.83 bits per heavy atom. The molecule has 0 bridgehead atoms. The third-order valence-electron chi connectivity index (χ3n) is 4.08. The van der Waals surface area contributed by atoms with Crippen LogP contribution in [0, 0.1) is 17.3 Å². The molecule has 0 aliphatic heterocycles. The molecule has 0 heterocycles. The van der Waals surface area contributed by atoms with Crippen LogP contribution in [-0.4, -0.2) is 23.0 Å². The van der Waals surface area contributed by atoms with Crippen LogP contribution in [0.3, 0.4) is 0 Å². The summed E-state index contributed by atoms with van der Waals surface area (Å²) >= 11 is 0. The van der Waals surface area contributed by atoms with Gasteiger partial charge in [0.25, 0.3) is 0 Å². The van der Waals surface area contributed by atoms with Crippen molar-refractivity contribution in [3.05, 3.63) is 0 Å². The van der Waals surface area contributed by atoms with Gasteiger partial charge in [0, 0.05) is 12.5 Å². The molecular weight excluding hydrogens is 230 g/mol. The van der Waals surface area contributed by atoms with Gasteiger partial charge >= 0.3 is 5.97 Å². The molecule has 0 aromatic carbocycles. The van der Waals surface area contributed by atoms with E-state index >= 15 is 0 Å². The van der Waals surface area contributed by atoms with Crippen LogP contribution in [0.15, 0.2) is 0 Å². The molecule has 0 aromatic heterocycles. The second-order valence-electron chi connectivity index (χ2n) is 6.50. The van der Waals surface area contributed by atoms with E-state index in [1.54, 1.807) is 0 Å². The van der Waals surface area contributed by atoms with Crippen LogP contribution in [0.2, 0.25) is 0 Å². The van der Waals surface area contributed by atoms with Gasteiger partial charge in [-0.1, -0.05) is 27.7 Å². The van der Waals surface area contributed by atoms with Gasteiger partial charge in [0.15, 0.2) is 0 Å². The quantitative estimate of drug-likeness (QED) is 0.793. The zero-order valence-electron chi connectivity index (χ0n) is 11.8. The van der Waals surface area contributed by atoms with Gasteiger partial charge in [-0.2, -0.15) is 0 Å². The number of amides is 1. The molecule has 3 atom stereocenters. The van der Waals surface area contributed by atoms with Crippen LogP contribution in [-0.2, 0) is 9.59 Å². The molecular formula is C14H25NO3. The Bertz CT molecular complexity index is 325. The summed E-state index contributed by atoms with van der Waals surface area (Å²) in [4.78, 5) is 22.6. The number of carboxylic acids is 1. The lowest BCUT2D eigenvalue weighted by Crippen LogP contribution is -2.39. The maximum atomic E-state index is 11.9. The topological polar surface area (TPSA) is 66.4 Å². The summed E-state index contributed by atoms with van der Waals surface area (Å²) in [5.74, 6) is 0.293. The minimum absolute atomic E-state index is 0.0211. The average molecular weight is 255 g/mol. The number of carbonyl (C=O) groups excluding carboxylic acids is 1. The number of carbonyl (C=O) groups is 2. The van der Waals surface area contributed by atoms with E-state index in [-0.39, 0.29) is 24.8 Å². The van der Waals surface area contributed by atoms with E-state index < -0.39 is 11.4 Å². The molecule has 1 aliphatic rings. The predicted molar refractivity (Wildman–Crippen MR) is 70.1 cm³/mol. The van der Waals surface area contributed by atoms with Gasteiger partial charge in [0.05, 0.1) is 6.42 Å². The van der Waals surface area contributed by atoms with Gasteiger partial charge in [-0.15, -0.1) is 0 Å². The lowest BCUT2D eigenvalue weighted by molar-refractivity contribution is -0.139. The third kappa shape index (κ3) is 4.31. The van der Waals surface area contributed by atoms with Gasteiger partial charge < -0.3 is 10.4 Å². The SMILES string of the molecule is CC1CCC(NC(=O)CC(C)(C)CC(=O)O)C1C. The molecule has 0 saturated heterocycles. The second-order valence-corrected chi connectivity index (χ2v) is 6.50. The third-order valence-corrected chi connectivity index (χ3v) is 4.08. The fourth-order valence-corrected chi connectivity index (χ4v) is 2.73. The lowest BCUT2D eigenvalue weighted by atomic mass is 9.85. The molecule has 0 spiro atoms. The molecule has 3 unspecified atom stereocenters. The number of rotatable bonds is 5. The van der Waals surface area contributed by atoms with Gasteiger partial charge in [-0.3, -0.25) is 9.59 Å². The summed E-state index contributed by atoms with van der Waals surface area (Å²) < 4.78 is 0. The molecule has 2 N–H and O–H groups in total. The Morgan fingerprint density at radius 1 is 1.22 bits per heavy atom. The van der Waals surface area contributed by atoms with Gasteiger partial charge in [-0.25, -0.2) is 0 Å². The van der Waals surface area contributed by atoms with Crippen LogP contribution < -0.4 is 5.32 Å². The number of nitrogens with one attached hydrogen (secondary N) is 1. The zero-order chi connectivity index (χ0) is 13.9. The fraction of sp³-hybridized carbons (Fsp3) is 0.857. The van der Waals surface area contributed by atoms with E-state index in [4.69, 9.17) is 5.11 Å². The molecule has 0 radical (unpaired) electrons. The van der Waals surface area contributed by atoms with Crippen molar-refractivity contribution >= 4 is 11.9 Å². The summed E-state index contributed by atoms with van der Waals surface area (Å²) in [7, 11) is 0. The molecule has 4 nitrogen and oxygen atoms in total. The summed E-state index contributed by atoms with van der Waals surface area (Å²) in [6.07, 6.45) is 2.49. The highest BCUT2D eigenvalue weighted by Crippen LogP contribution is 2.32. The predicted octanol–water partition coefficient (Wildman–Crippen LogP) is 2.43. The fourth-order valence-electron chi connectivity index (χ4n) is 2.73. The summed E-state index contributed by atoms with van der Waals surface area (Å²) in [6.45, 7) is 8.03. The minimum atomic E-state index is -0.851. The van der Waals surface area contributed by atoms with Crippen molar-refractivity contribution in [2.24, 2.45) is 17.3 Å². The van der Waals surface area contributed by atoms with Crippen molar-refractivity contribution in [1.82, 2.24) is 5.32 Å². The van der Waals surface area contributed by atoms with E-state index in [0.29, 0.717) is 11.8 Å². The normalized spacial score (nSPS) is 28.1. The van der Waals surface area contributed by atoms with E-state index in [1.165, 1.54) is 0 Å². The average Bonchev–Trinajstić information content (AvgIpc) is 2.46. The van der Waals surface area contributed by atoms with Crippen LogP contribution in [0.1, 0.15) is 53.4 Å². The Balaban J connectivity index is 2.44. The molecule has 1 saturated carbocycles. The van der Waals surface area contributed by atoms with Gasteiger partial charge in [0.1, 0.15) is 0 Å². The summed E-state index contributed by atoms with van der Waals surface area (Å²) in [5, 5.41) is 11.8. The van der Waals surface area contributed by atoms with E-state index in [0.717, 1.165) is 12.8 Å². The molecule has 1 aliphatic carbocycles. The number of aliphatic carboxylic acids is 1. The van der Waals surface area contributed by atoms with E-state index in [1.807, 2.05) is 13.8 Å². The number of hydrogen-bond donors (Lipinski definition) is 2. The Labute approximate surface area is 109 Å². The highest BCUT2D eigenvalue weighted by Gasteiger charge is 2.32. The molecule has 1 fully saturated rings. The van der Waals surface area contributed by atoms with Crippen molar-refractivity contribution in [2.75, 3.05) is 0 Å². The highest BCUT2D eigenvalue weighted by atomic mass is 16.4. The van der Waals surface area contributed by atoms with Crippen LogP contribution in [0.5, 0.6) is 0 Å². The molecule has 18 heavy (non-hydrogen) atoms. The van der Waals surface area contributed by atoms with Gasteiger partial charge in [-0.05, 0) is 30.1 Å². The first-order valence-electron chi connectivity index (χ1n) is 6.72. The minimum Gasteiger partial charge on any atom is -0.481 e. The maximum Gasteiger partial charge on any atom is 0.303 e. The van der Waals surface area contributed by atoms with Crippen molar-refractivity contribution < 1.29 is 14.7 Å². The van der Waals surface area contributed by atoms with Crippen molar-refractivity contribution in [2.45, 2.75) is 59.4 Å². The monoisotopic (exact) mass is 255 g/mol. The largest absolute Gasteiger partial charge is 0.481 e. The number of carboxylic acid groups (broad SMARTS) is 1. The smallest absolute Gasteiger partial charge is 0.303 e. The molecule has 0 aromatic rings. The molecule has 4 heteroatoms. The first kappa shape index (κ1) is 15.0. The maximum absolute atomic E-state index is 11.9. The Hall–Kier alpha value is -1.06. The summed E-state index contributed by atoms with van der Waals surface area (Å²) in [6, 6.07) is 0.258. The van der Waals surface area contributed by atoms with E-state index in [9.17, 15) is 9.59 Å². The second kappa shape index (κ2) is 5.72. The Morgan fingerprint density at radius 3 is 2.28 bits per heavy atom. The highest BCUT2D eigenvalue weighted by molar-refractivity contribution is 5.78. The van der Waals surface area contributed by atoms with Crippen molar-refractivity contribution in [3.63, 3.8) is 0 Å². The van der Waals surface area contributed by atoms with E-state index in [2.05, 4.69) is 19.2 Å². The summed E-state index contributed by atoms with van der Waals surface area (Å²) in [5.41, 5.74) is -0.483. The lowest BCUT2D eigenvalue weighted by Gasteiger charge is -2.25. The molecule has 1 rings (SSSR count). The first-order chi connectivity index (χ1) is 8.21. The Kier molecular flexibility index (Phi) is 4.77. The molecule has 104 valence electrons. The zero-order valence-corrected chi connectivity index (χ0v) is 11.8. The molecule has 1 amide bonds. The van der Waals surface area contributed by atoms with Crippen molar-refractivity contribution in [3.8, 4) is 0 Å². The van der Waals surface area contributed by atoms with Crippen LogP contribution >= 0.6 is 0 Å². The van der Waals surface area contributed by atoms with Crippen LogP contribution in [0.4, 0.5) is 0 Å². The first-order valence-corrected chi connectivity index (χ1v) is 6.72. The number of hydrogen-bond acceptors (Lipinski definition) is 2. The van der Waals surface area contributed by atoms with Crippen molar-refractivity contribution in [1.29, 1.82) is 0 Å². The van der Waals surface area contributed by atoms with Gasteiger partial charge in [0.2, 0.25) is 5.91 Å². The van der Waals surface area contributed by atoms with Crippen LogP contribution in [0.25, 0.3) is 0 Å². The standard InChI is InChI=1S/C14H25NO3/c1-9-5-6-11(10(9)2)15-12(16)7-14(3,4)8-13(17)18/h9-11H,5-8H2,1-4H3,(H,15,16)(H,17,18).